The van der Waals surface area contributed by atoms with E-state index in [2.05, 4.69) is 9.97 Å². The van der Waals surface area contributed by atoms with Crippen LogP contribution in [-0.2, 0) is 0 Å². The lowest BCUT2D eigenvalue weighted by molar-refractivity contribution is 0.111. The zero-order valence-electron chi connectivity index (χ0n) is 9.84. The van der Waals surface area contributed by atoms with Crippen LogP contribution in [0.25, 0.3) is 16.8 Å². The molecule has 5 nitrogen and oxygen atoms in total. The van der Waals surface area contributed by atoms with Gasteiger partial charge in [-0.15, -0.1) is 0 Å². The van der Waals surface area contributed by atoms with Gasteiger partial charge in [0.2, 0.25) is 0 Å². The third-order valence-corrected chi connectivity index (χ3v) is 2.96. The standard InChI is InChI=1S/C13H12N4O/c1-8-12(16-13(14)15-8)9-5-10-3-2-4-11(7-18)17(10)6-9/h2-7H,1H3,(H3,14,15,16). The second-order valence-electron chi connectivity index (χ2n) is 4.19. The van der Waals surface area contributed by atoms with Crippen LogP contribution in [0.3, 0.4) is 0 Å². The van der Waals surface area contributed by atoms with Gasteiger partial charge in [-0.3, -0.25) is 4.79 Å². The molecule has 0 spiro atoms. The van der Waals surface area contributed by atoms with Crippen LogP contribution >= 0.6 is 0 Å². The maximum absolute atomic E-state index is 11.0. The summed E-state index contributed by atoms with van der Waals surface area (Å²) in [6.45, 7) is 1.92. The third kappa shape index (κ3) is 1.48. The summed E-state index contributed by atoms with van der Waals surface area (Å²) in [7, 11) is 0. The first kappa shape index (κ1) is 10.6. The van der Waals surface area contributed by atoms with Crippen LogP contribution in [0.2, 0.25) is 0 Å². The molecule has 3 N–H and O–H groups in total. The molecule has 0 unspecified atom stereocenters. The number of H-pyrrole nitrogens is 1. The van der Waals surface area contributed by atoms with Crippen molar-refractivity contribution in [3.05, 3.63) is 41.9 Å². The Labute approximate surface area is 103 Å². The summed E-state index contributed by atoms with van der Waals surface area (Å²) in [5, 5.41) is 0. The van der Waals surface area contributed by atoms with Gasteiger partial charge in [0, 0.05) is 23.0 Å². The first-order chi connectivity index (χ1) is 8.69. The largest absolute Gasteiger partial charge is 0.369 e. The molecule has 0 aliphatic heterocycles. The van der Waals surface area contributed by atoms with Gasteiger partial charge in [-0.05, 0) is 25.1 Å². The van der Waals surface area contributed by atoms with Crippen LogP contribution in [0.1, 0.15) is 16.2 Å². The molecule has 0 fully saturated rings. The van der Waals surface area contributed by atoms with Crippen LogP contribution in [0, 0.1) is 6.92 Å². The average Bonchev–Trinajstić information content (AvgIpc) is 2.91. The fourth-order valence-corrected chi connectivity index (χ4v) is 2.15. The number of nitrogens with two attached hydrogens (primary N) is 1. The quantitative estimate of drug-likeness (QED) is 0.673. The number of aromatic nitrogens is 3. The lowest BCUT2D eigenvalue weighted by atomic mass is 10.2. The summed E-state index contributed by atoms with van der Waals surface area (Å²) >= 11 is 0. The van der Waals surface area contributed by atoms with Crippen molar-refractivity contribution < 1.29 is 4.79 Å². The summed E-state index contributed by atoms with van der Waals surface area (Å²) < 4.78 is 1.84. The Morgan fingerprint density at radius 1 is 1.44 bits per heavy atom. The molecule has 0 radical (unpaired) electrons. The zero-order chi connectivity index (χ0) is 12.7. The minimum atomic E-state index is 0.397. The molecular weight excluding hydrogens is 228 g/mol. The smallest absolute Gasteiger partial charge is 0.198 e. The lowest BCUT2D eigenvalue weighted by Gasteiger charge is -1.96. The molecule has 18 heavy (non-hydrogen) atoms. The van der Waals surface area contributed by atoms with Gasteiger partial charge >= 0.3 is 0 Å². The van der Waals surface area contributed by atoms with E-state index in [0.29, 0.717) is 11.6 Å². The molecule has 3 rings (SSSR count). The number of hydrogen-bond donors (Lipinski definition) is 2. The van der Waals surface area contributed by atoms with Gasteiger partial charge in [0.25, 0.3) is 0 Å². The van der Waals surface area contributed by atoms with Crippen LogP contribution in [-0.4, -0.2) is 20.7 Å². The maximum Gasteiger partial charge on any atom is 0.198 e. The molecule has 0 amide bonds. The second-order valence-corrected chi connectivity index (χ2v) is 4.19. The second kappa shape index (κ2) is 3.73. The van der Waals surface area contributed by atoms with Gasteiger partial charge < -0.3 is 15.1 Å². The highest BCUT2D eigenvalue weighted by molar-refractivity contribution is 5.77. The molecule has 0 aliphatic carbocycles. The van der Waals surface area contributed by atoms with E-state index in [4.69, 9.17) is 5.73 Å². The van der Waals surface area contributed by atoms with E-state index >= 15 is 0 Å². The van der Waals surface area contributed by atoms with Crippen molar-refractivity contribution >= 4 is 17.8 Å². The first-order valence-corrected chi connectivity index (χ1v) is 5.58. The number of hydrogen-bond acceptors (Lipinski definition) is 3. The normalized spacial score (nSPS) is 10.9. The molecule has 0 saturated carbocycles. The van der Waals surface area contributed by atoms with Crippen molar-refractivity contribution in [2.45, 2.75) is 6.92 Å². The number of rotatable bonds is 2. The molecule has 0 atom stereocenters. The van der Waals surface area contributed by atoms with Crippen molar-refractivity contribution in [3.8, 4) is 11.3 Å². The Balaban J connectivity index is 2.25. The Morgan fingerprint density at radius 3 is 2.94 bits per heavy atom. The maximum atomic E-state index is 11.0. The molecule has 90 valence electrons. The van der Waals surface area contributed by atoms with Gasteiger partial charge in [-0.25, -0.2) is 4.98 Å². The van der Waals surface area contributed by atoms with Crippen LogP contribution in [0.15, 0.2) is 30.5 Å². The predicted molar refractivity (Wildman–Crippen MR) is 69.5 cm³/mol. The highest BCUT2D eigenvalue weighted by atomic mass is 16.1. The lowest BCUT2D eigenvalue weighted by Crippen LogP contribution is -1.91. The van der Waals surface area contributed by atoms with Crippen molar-refractivity contribution in [1.29, 1.82) is 0 Å². The van der Waals surface area contributed by atoms with Crippen LogP contribution < -0.4 is 5.73 Å². The van der Waals surface area contributed by atoms with E-state index in [1.165, 1.54) is 0 Å². The number of nitrogens with zero attached hydrogens (tertiary/aromatic N) is 2. The van der Waals surface area contributed by atoms with E-state index in [1.54, 1.807) is 6.07 Å². The van der Waals surface area contributed by atoms with Gasteiger partial charge in [0.1, 0.15) is 0 Å². The van der Waals surface area contributed by atoms with E-state index in [-0.39, 0.29) is 0 Å². The average molecular weight is 240 g/mol. The molecular formula is C13H12N4O. The summed E-state index contributed by atoms with van der Waals surface area (Å²) in [5.41, 5.74) is 9.87. The van der Waals surface area contributed by atoms with Crippen molar-refractivity contribution in [2.75, 3.05) is 5.73 Å². The van der Waals surface area contributed by atoms with Crippen molar-refractivity contribution in [3.63, 3.8) is 0 Å². The predicted octanol–water partition coefficient (Wildman–Crippen LogP) is 2.03. The van der Waals surface area contributed by atoms with Gasteiger partial charge in [0.15, 0.2) is 12.2 Å². The summed E-state index contributed by atoms with van der Waals surface area (Å²) in [4.78, 5) is 18.2. The highest BCUT2D eigenvalue weighted by Crippen LogP contribution is 2.25. The molecule has 3 heterocycles. The number of imidazole rings is 1. The molecule has 3 aromatic heterocycles. The molecule has 0 saturated heterocycles. The number of pyridine rings is 1. The molecule has 0 aliphatic rings. The summed E-state index contributed by atoms with van der Waals surface area (Å²) in [5.74, 6) is 0.397. The van der Waals surface area contributed by atoms with Crippen molar-refractivity contribution in [1.82, 2.24) is 14.4 Å². The highest BCUT2D eigenvalue weighted by Gasteiger charge is 2.10. The van der Waals surface area contributed by atoms with Crippen LogP contribution in [0.4, 0.5) is 5.95 Å². The Kier molecular flexibility index (Phi) is 2.19. The van der Waals surface area contributed by atoms with E-state index < -0.39 is 0 Å². The molecule has 3 aromatic rings. The number of nitrogens with one attached hydrogen (secondary N) is 1. The van der Waals surface area contributed by atoms with E-state index in [9.17, 15) is 4.79 Å². The molecule has 5 heteroatoms. The summed E-state index contributed by atoms with van der Waals surface area (Å²) in [6, 6.07) is 7.56. The monoisotopic (exact) mass is 240 g/mol. The molecule has 0 bridgehead atoms. The van der Waals surface area contributed by atoms with Gasteiger partial charge in [0.05, 0.1) is 11.4 Å². The number of aromatic amines is 1. The minimum Gasteiger partial charge on any atom is -0.369 e. The van der Waals surface area contributed by atoms with Gasteiger partial charge in [-0.2, -0.15) is 0 Å². The fraction of sp³-hybridized carbons (Fsp3) is 0.0769. The number of aldehydes is 1. The van der Waals surface area contributed by atoms with Crippen LogP contribution in [0.5, 0.6) is 0 Å². The number of nitrogen functional groups attached to an aromatic ring is 1. The molecule has 0 aromatic carbocycles. The Bertz CT molecular complexity index is 739. The van der Waals surface area contributed by atoms with E-state index in [0.717, 1.165) is 28.8 Å². The number of anilines is 1. The SMILES string of the molecule is Cc1[nH]c(N)nc1-c1cc2cccc(C=O)n2c1. The number of aryl methyl sites for hydroxylation is 1. The summed E-state index contributed by atoms with van der Waals surface area (Å²) in [6.07, 6.45) is 2.73. The third-order valence-electron chi connectivity index (χ3n) is 2.96. The topological polar surface area (TPSA) is 76.2 Å². The van der Waals surface area contributed by atoms with E-state index in [1.807, 2.05) is 35.7 Å². The zero-order valence-corrected chi connectivity index (χ0v) is 9.84. The Hall–Kier alpha value is -2.56. The fourth-order valence-electron chi connectivity index (χ4n) is 2.15. The number of fused-ring (bicyclic) bond motifs is 1. The van der Waals surface area contributed by atoms with Gasteiger partial charge in [-0.1, -0.05) is 6.07 Å². The first-order valence-electron chi connectivity index (χ1n) is 5.58. The Morgan fingerprint density at radius 2 is 2.28 bits per heavy atom. The van der Waals surface area contributed by atoms with Crippen molar-refractivity contribution in [2.24, 2.45) is 0 Å². The number of carbonyl (C=O) groups is 1. The minimum absolute atomic E-state index is 0.397. The number of carbonyl (C=O) groups excluding carboxylic acids is 1.